The molecule has 0 aliphatic rings. The molecular formula is C8H19N3O. The lowest BCUT2D eigenvalue weighted by atomic mass is 10.3. The van der Waals surface area contributed by atoms with Crippen molar-refractivity contribution in [2.75, 3.05) is 19.6 Å². The minimum Gasteiger partial charge on any atom is -0.355 e. The van der Waals surface area contributed by atoms with Crippen LogP contribution in [0.3, 0.4) is 0 Å². The first-order valence-electron chi connectivity index (χ1n) is 4.43. The van der Waals surface area contributed by atoms with Gasteiger partial charge in [0.25, 0.3) is 0 Å². The fourth-order valence-electron chi connectivity index (χ4n) is 0.794. The van der Waals surface area contributed by atoms with E-state index in [-0.39, 0.29) is 11.9 Å². The van der Waals surface area contributed by atoms with Gasteiger partial charge in [0.2, 0.25) is 5.91 Å². The first-order chi connectivity index (χ1) is 5.72. The fraction of sp³-hybridized carbons (Fsp3) is 0.875. The Labute approximate surface area is 73.9 Å². The van der Waals surface area contributed by atoms with Gasteiger partial charge in [-0.2, -0.15) is 0 Å². The van der Waals surface area contributed by atoms with Gasteiger partial charge < -0.3 is 16.4 Å². The van der Waals surface area contributed by atoms with Crippen molar-refractivity contribution in [1.29, 1.82) is 0 Å². The van der Waals surface area contributed by atoms with Gasteiger partial charge in [-0.1, -0.05) is 6.92 Å². The summed E-state index contributed by atoms with van der Waals surface area (Å²) in [6, 6.07) is -0.139. The molecule has 12 heavy (non-hydrogen) atoms. The maximum atomic E-state index is 11.2. The summed E-state index contributed by atoms with van der Waals surface area (Å²) < 4.78 is 0. The predicted octanol–water partition coefficient (Wildman–Crippen LogP) is -0.551. The standard InChI is InChI=1S/C8H19N3O/c1-3-5-11-8(12)7(2)10-6-4-9/h7,10H,3-6,9H2,1-2H3,(H,11,12). The molecule has 0 fully saturated rings. The SMILES string of the molecule is CCCNC(=O)C(C)NCCN. The van der Waals surface area contributed by atoms with E-state index in [0.29, 0.717) is 13.1 Å². The van der Waals surface area contributed by atoms with E-state index in [1.165, 1.54) is 0 Å². The van der Waals surface area contributed by atoms with Crippen molar-refractivity contribution < 1.29 is 4.79 Å². The van der Waals surface area contributed by atoms with Crippen LogP contribution < -0.4 is 16.4 Å². The molecule has 0 aromatic carbocycles. The van der Waals surface area contributed by atoms with E-state index in [9.17, 15) is 4.79 Å². The number of rotatable bonds is 6. The maximum Gasteiger partial charge on any atom is 0.236 e. The Bertz CT molecular complexity index is 127. The lowest BCUT2D eigenvalue weighted by Crippen LogP contribution is -2.43. The van der Waals surface area contributed by atoms with Gasteiger partial charge >= 0.3 is 0 Å². The largest absolute Gasteiger partial charge is 0.355 e. The number of carbonyl (C=O) groups excluding carboxylic acids is 1. The molecule has 0 aromatic rings. The van der Waals surface area contributed by atoms with Gasteiger partial charge in [0, 0.05) is 19.6 Å². The normalized spacial score (nSPS) is 12.6. The highest BCUT2D eigenvalue weighted by atomic mass is 16.2. The Kier molecular flexibility index (Phi) is 6.70. The molecule has 0 saturated carbocycles. The van der Waals surface area contributed by atoms with Gasteiger partial charge in [0.15, 0.2) is 0 Å². The molecule has 4 nitrogen and oxygen atoms in total. The Morgan fingerprint density at radius 3 is 2.67 bits per heavy atom. The third-order valence-electron chi connectivity index (χ3n) is 1.54. The molecule has 1 atom stereocenters. The molecule has 1 amide bonds. The zero-order chi connectivity index (χ0) is 9.40. The van der Waals surface area contributed by atoms with Crippen molar-refractivity contribution in [3.05, 3.63) is 0 Å². The van der Waals surface area contributed by atoms with E-state index in [1.54, 1.807) is 0 Å². The van der Waals surface area contributed by atoms with Crippen LogP contribution in [0.15, 0.2) is 0 Å². The topological polar surface area (TPSA) is 67.2 Å². The Balaban J connectivity index is 3.47. The highest BCUT2D eigenvalue weighted by Gasteiger charge is 2.09. The van der Waals surface area contributed by atoms with E-state index >= 15 is 0 Å². The molecule has 4 heteroatoms. The molecule has 0 radical (unpaired) electrons. The number of carbonyl (C=O) groups is 1. The van der Waals surface area contributed by atoms with Crippen LogP contribution in [-0.4, -0.2) is 31.6 Å². The van der Waals surface area contributed by atoms with Crippen LogP contribution in [0.5, 0.6) is 0 Å². The van der Waals surface area contributed by atoms with Crippen LogP contribution in [0, 0.1) is 0 Å². The quantitative estimate of drug-likeness (QED) is 0.505. The second-order valence-corrected chi connectivity index (χ2v) is 2.76. The minimum atomic E-state index is -0.139. The first-order valence-corrected chi connectivity index (χ1v) is 4.43. The average molecular weight is 173 g/mol. The molecule has 0 spiro atoms. The summed E-state index contributed by atoms with van der Waals surface area (Å²) in [6.07, 6.45) is 0.968. The second-order valence-electron chi connectivity index (χ2n) is 2.76. The van der Waals surface area contributed by atoms with Crippen LogP contribution in [0.4, 0.5) is 0 Å². The van der Waals surface area contributed by atoms with Crippen LogP contribution in [0.2, 0.25) is 0 Å². The second kappa shape index (κ2) is 7.06. The summed E-state index contributed by atoms with van der Waals surface area (Å²) in [4.78, 5) is 11.2. The zero-order valence-electron chi connectivity index (χ0n) is 7.89. The van der Waals surface area contributed by atoms with Crippen molar-refractivity contribution in [2.24, 2.45) is 5.73 Å². The molecule has 0 aliphatic carbocycles. The Hall–Kier alpha value is -0.610. The lowest BCUT2D eigenvalue weighted by molar-refractivity contribution is -0.122. The van der Waals surface area contributed by atoms with Gasteiger partial charge in [-0.25, -0.2) is 0 Å². The summed E-state index contributed by atoms with van der Waals surface area (Å²) in [6.45, 7) is 5.85. The van der Waals surface area contributed by atoms with Crippen LogP contribution in [0.1, 0.15) is 20.3 Å². The monoisotopic (exact) mass is 173 g/mol. The molecule has 0 saturated heterocycles. The van der Waals surface area contributed by atoms with Gasteiger partial charge in [0.05, 0.1) is 6.04 Å². The third-order valence-corrected chi connectivity index (χ3v) is 1.54. The van der Waals surface area contributed by atoms with E-state index < -0.39 is 0 Å². The molecule has 0 rings (SSSR count). The molecular weight excluding hydrogens is 154 g/mol. The summed E-state index contributed by atoms with van der Waals surface area (Å²) in [5.41, 5.74) is 5.28. The van der Waals surface area contributed by atoms with Crippen molar-refractivity contribution in [1.82, 2.24) is 10.6 Å². The van der Waals surface area contributed by atoms with Crippen LogP contribution in [0.25, 0.3) is 0 Å². The highest BCUT2D eigenvalue weighted by Crippen LogP contribution is 1.81. The summed E-state index contributed by atoms with van der Waals surface area (Å²) in [5.74, 6) is 0.0466. The maximum absolute atomic E-state index is 11.2. The number of nitrogens with two attached hydrogens (primary N) is 1. The number of hydrogen-bond donors (Lipinski definition) is 3. The van der Waals surface area contributed by atoms with E-state index in [2.05, 4.69) is 10.6 Å². The smallest absolute Gasteiger partial charge is 0.236 e. The van der Waals surface area contributed by atoms with E-state index in [0.717, 1.165) is 13.0 Å². The summed E-state index contributed by atoms with van der Waals surface area (Å²) in [5, 5.41) is 5.80. The zero-order valence-corrected chi connectivity index (χ0v) is 7.89. The van der Waals surface area contributed by atoms with Crippen LogP contribution in [-0.2, 0) is 4.79 Å². The predicted molar refractivity (Wildman–Crippen MR) is 49.8 cm³/mol. The Morgan fingerprint density at radius 1 is 1.50 bits per heavy atom. The Morgan fingerprint density at radius 2 is 2.17 bits per heavy atom. The summed E-state index contributed by atoms with van der Waals surface area (Å²) in [7, 11) is 0. The first kappa shape index (κ1) is 11.4. The van der Waals surface area contributed by atoms with Crippen LogP contribution >= 0.6 is 0 Å². The van der Waals surface area contributed by atoms with E-state index in [4.69, 9.17) is 5.73 Å². The average Bonchev–Trinajstić information content (AvgIpc) is 2.10. The van der Waals surface area contributed by atoms with Gasteiger partial charge in [-0.05, 0) is 13.3 Å². The van der Waals surface area contributed by atoms with Gasteiger partial charge in [-0.3, -0.25) is 4.79 Å². The molecule has 0 bridgehead atoms. The van der Waals surface area contributed by atoms with Crippen molar-refractivity contribution in [3.8, 4) is 0 Å². The number of nitrogens with one attached hydrogen (secondary N) is 2. The lowest BCUT2D eigenvalue weighted by Gasteiger charge is -2.12. The highest BCUT2D eigenvalue weighted by molar-refractivity contribution is 5.81. The molecule has 0 aromatic heterocycles. The molecule has 0 aliphatic heterocycles. The molecule has 0 heterocycles. The van der Waals surface area contributed by atoms with Gasteiger partial charge in [-0.15, -0.1) is 0 Å². The van der Waals surface area contributed by atoms with Crippen molar-refractivity contribution in [2.45, 2.75) is 26.3 Å². The number of amides is 1. The summed E-state index contributed by atoms with van der Waals surface area (Å²) >= 11 is 0. The molecule has 72 valence electrons. The van der Waals surface area contributed by atoms with Crippen molar-refractivity contribution >= 4 is 5.91 Å². The minimum absolute atomic E-state index is 0.0466. The third kappa shape index (κ3) is 5.09. The fourth-order valence-corrected chi connectivity index (χ4v) is 0.794. The molecule has 4 N–H and O–H groups in total. The molecule has 1 unspecified atom stereocenters. The number of hydrogen-bond acceptors (Lipinski definition) is 3. The van der Waals surface area contributed by atoms with E-state index in [1.807, 2.05) is 13.8 Å². The van der Waals surface area contributed by atoms with Gasteiger partial charge in [0.1, 0.15) is 0 Å². The van der Waals surface area contributed by atoms with Crippen molar-refractivity contribution in [3.63, 3.8) is 0 Å².